The summed E-state index contributed by atoms with van der Waals surface area (Å²) >= 11 is 0. The van der Waals surface area contributed by atoms with Crippen molar-refractivity contribution in [1.29, 1.82) is 0 Å². The largest absolute Gasteiger partial charge is 0.586 e. The molecule has 25 heavy (non-hydrogen) atoms. The normalized spacial score (nSPS) is 16.4. The van der Waals surface area contributed by atoms with E-state index < -0.39 is 6.29 Å². The zero-order chi connectivity index (χ0) is 17.9. The number of rotatable bonds is 2. The van der Waals surface area contributed by atoms with Crippen LogP contribution in [0.2, 0.25) is 0 Å². The molecule has 0 bridgehead atoms. The second-order valence-electron chi connectivity index (χ2n) is 5.93. The van der Waals surface area contributed by atoms with E-state index in [9.17, 15) is 13.6 Å². The summed E-state index contributed by atoms with van der Waals surface area (Å²) in [5, 5.41) is 4.81. The number of nitrogens with zero attached hydrogens (tertiary/aromatic N) is 3. The van der Waals surface area contributed by atoms with Crippen molar-refractivity contribution in [2.75, 3.05) is 0 Å². The third-order valence-corrected chi connectivity index (χ3v) is 4.13. The van der Waals surface area contributed by atoms with E-state index in [0.29, 0.717) is 28.1 Å². The molecule has 0 aliphatic carbocycles. The number of H-pyrrole nitrogens is 1. The third-order valence-electron chi connectivity index (χ3n) is 4.13. The Morgan fingerprint density at radius 2 is 1.96 bits per heavy atom. The smallest absolute Gasteiger partial charge is 0.395 e. The summed E-state index contributed by atoms with van der Waals surface area (Å²) < 4.78 is 36.9. The van der Waals surface area contributed by atoms with Gasteiger partial charge in [0.25, 0.3) is 5.56 Å². The van der Waals surface area contributed by atoms with Crippen LogP contribution in [0.3, 0.4) is 0 Å². The van der Waals surface area contributed by atoms with Gasteiger partial charge in [-0.15, -0.1) is 8.78 Å². The summed E-state index contributed by atoms with van der Waals surface area (Å²) in [6.07, 6.45) is -3.66. The Bertz CT molecular complexity index is 1060. The molecular weight excluding hydrogens is 334 g/mol. The van der Waals surface area contributed by atoms with Crippen LogP contribution < -0.4 is 15.0 Å². The Morgan fingerprint density at radius 1 is 1.24 bits per heavy atom. The maximum Gasteiger partial charge on any atom is 0.586 e. The van der Waals surface area contributed by atoms with E-state index in [1.54, 1.807) is 24.6 Å². The average molecular weight is 348 g/mol. The predicted molar refractivity (Wildman–Crippen MR) is 84.1 cm³/mol. The van der Waals surface area contributed by atoms with E-state index in [4.69, 9.17) is 0 Å². The first kappa shape index (κ1) is 15.6. The first-order valence-electron chi connectivity index (χ1n) is 7.61. The Hall–Kier alpha value is -2.97. The molecule has 3 aromatic rings. The van der Waals surface area contributed by atoms with E-state index >= 15 is 0 Å². The molecule has 1 atom stereocenters. The first-order valence-corrected chi connectivity index (χ1v) is 7.61. The van der Waals surface area contributed by atoms with Gasteiger partial charge in [-0.3, -0.25) is 4.79 Å². The lowest BCUT2D eigenvalue weighted by Crippen LogP contribution is -2.25. The van der Waals surface area contributed by atoms with Crippen LogP contribution in [0, 0.1) is 13.8 Å². The van der Waals surface area contributed by atoms with Crippen LogP contribution in [0.1, 0.15) is 30.0 Å². The molecule has 130 valence electrons. The number of halogens is 2. The van der Waals surface area contributed by atoms with Gasteiger partial charge < -0.3 is 14.5 Å². The van der Waals surface area contributed by atoms with Gasteiger partial charge in [-0.25, -0.2) is 9.67 Å². The van der Waals surface area contributed by atoms with E-state index in [1.807, 2.05) is 6.92 Å². The highest BCUT2D eigenvalue weighted by atomic mass is 19.3. The fourth-order valence-electron chi connectivity index (χ4n) is 2.96. The number of hydrogen-bond donors (Lipinski definition) is 1. The number of nitrogens with one attached hydrogen (secondary N) is 1. The Labute approximate surface area is 140 Å². The van der Waals surface area contributed by atoms with Gasteiger partial charge in [0.2, 0.25) is 0 Å². The molecule has 0 saturated carbocycles. The molecule has 3 heterocycles. The van der Waals surface area contributed by atoms with Crippen LogP contribution in [-0.4, -0.2) is 26.0 Å². The number of aromatic amines is 1. The van der Waals surface area contributed by atoms with Crippen molar-refractivity contribution in [2.24, 2.45) is 0 Å². The van der Waals surface area contributed by atoms with Gasteiger partial charge in [0.05, 0.1) is 11.7 Å². The standard InChI is InChI=1S/C16H14F2N4O3/c1-7-13-14(19-9(3)20-15(13)23)22(21-7)8(2)10-4-5-11-12(6-10)25-16(17,18)24-11/h4-6,8H,1-3H3,(H,19,20,23). The number of alkyl halides is 2. The van der Waals surface area contributed by atoms with Gasteiger partial charge >= 0.3 is 6.29 Å². The van der Waals surface area contributed by atoms with Gasteiger partial charge in [-0.2, -0.15) is 5.10 Å². The maximum absolute atomic E-state index is 13.2. The monoisotopic (exact) mass is 348 g/mol. The van der Waals surface area contributed by atoms with Crippen LogP contribution in [0.4, 0.5) is 8.78 Å². The van der Waals surface area contributed by atoms with Crippen molar-refractivity contribution in [3.63, 3.8) is 0 Å². The highest BCUT2D eigenvalue weighted by Crippen LogP contribution is 2.42. The van der Waals surface area contributed by atoms with Crippen molar-refractivity contribution in [2.45, 2.75) is 33.1 Å². The van der Waals surface area contributed by atoms with Crippen molar-refractivity contribution < 1.29 is 18.3 Å². The van der Waals surface area contributed by atoms with Crippen LogP contribution in [0.25, 0.3) is 11.0 Å². The van der Waals surface area contributed by atoms with Crippen molar-refractivity contribution in [3.8, 4) is 11.5 Å². The molecule has 0 amide bonds. The molecular formula is C16H14F2N4O3. The molecule has 0 spiro atoms. The highest BCUT2D eigenvalue weighted by Gasteiger charge is 2.43. The summed E-state index contributed by atoms with van der Waals surface area (Å²) in [7, 11) is 0. The minimum atomic E-state index is -3.66. The molecule has 4 rings (SSSR count). The fourth-order valence-corrected chi connectivity index (χ4v) is 2.96. The first-order chi connectivity index (χ1) is 11.7. The topological polar surface area (TPSA) is 82.0 Å². The van der Waals surface area contributed by atoms with Gasteiger partial charge in [-0.1, -0.05) is 6.07 Å². The summed E-state index contributed by atoms with van der Waals surface area (Å²) in [4.78, 5) is 19.2. The zero-order valence-corrected chi connectivity index (χ0v) is 13.6. The number of fused-ring (bicyclic) bond motifs is 2. The van der Waals surface area contributed by atoms with E-state index in [-0.39, 0.29) is 23.1 Å². The number of hydrogen-bond acceptors (Lipinski definition) is 5. The van der Waals surface area contributed by atoms with Crippen LogP contribution >= 0.6 is 0 Å². The lowest BCUT2D eigenvalue weighted by Gasteiger charge is -2.14. The second kappa shape index (κ2) is 5.01. The SMILES string of the molecule is Cc1nc2c(c(C)nn2C(C)c2ccc3c(c2)OC(F)(F)O3)c(=O)[nH]1. The van der Waals surface area contributed by atoms with Crippen molar-refractivity contribution in [1.82, 2.24) is 19.7 Å². The Balaban J connectivity index is 1.82. The van der Waals surface area contributed by atoms with E-state index in [1.165, 1.54) is 12.1 Å². The highest BCUT2D eigenvalue weighted by molar-refractivity contribution is 5.77. The summed E-state index contributed by atoms with van der Waals surface area (Å²) in [5.74, 6) is 0.411. The van der Waals surface area contributed by atoms with Gasteiger partial charge in [0.15, 0.2) is 17.1 Å². The molecule has 1 N–H and O–H groups in total. The van der Waals surface area contributed by atoms with Gasteiger partial charge in [0, 0.05) is 0 Å². The predicted octanol–water partition coefficient (Wildman–Crippen LogP) is 2.67. The molecule has 1 aliphatic rings. The lowest BCUT2D eigenvalue weighted by molar-refractivity contribution is -0.286. The maximum atomic E-state index is 13.2. The number of ether oxygens (including phenoxy) is 2. The molecule has 0 fully saturated rings. The lowest BCUT2D eigenvalue weighted by atomic mass is 10.1. The van der Waals surface area contributed by atoms with Crippen molar-refractivity contribution >= 4 is 11.0 Å². The fraction of sp³-hybridized carbons (Fsp3) is 0.312. The number of aromatic nitrogens is 4. The minimum absolute atomic E-state index is 0.0205. The van der Waals surface area contributed by atoms with Gasteiger partial charge in [-0.05, 0) is 38.5 Å². The molecule has 0 radical (unpaired) electrons. The molecule has 1 aromatic carbocycles. The summed E-state index contributed by atoms with van der Waals surface area (Å²) in [6.45, 7) is 5.23. The van der Waals surface area contributed by atoms with E-state index in [2.05, 4.69) is 24.5 Å². The van der Waals surface area contributed by atoms with Crippen LogP contribution in [-0.2, 0) is 0 Å². The number of aryl methyl sites for hydroxylation is 2. The van der Waals surface area contributed by atoms with E-state index in [0.717, 1.165) is 0 Å². The van der Waals surface area contributed by atoms with Gasteiger partial charge in [0.1, 0.15) is 11.2 Å². The average Bonchev–Trinajstić information content (AvgIpc) is 3.00. The zero-order valence-electron chi connectivity index (χ0n) is 13.6. The summed E-state index contributed by atoms with van der Waals surface area (Å²) in [6, 6.07) is 4.19. The molecule has 1 aliphatic heterocycles. The Morgan fingerprint density at radius 3 is 2.72 bits per heavy atom. The number of benzene rings is 1. The van der Waals surface area contributed by atoms with Crippen LogP contribution in [0.5, 0.6) is 11.5 Å². The second-order valence-corrected chi connectivity index (χ2v) is 5.93. The third kappa shape index (κ3) is 2.43. The quantitative estimate of drug-likeness (QED) is 0.770. The molecule has 2 aromatic heterocycles. The molecule has 7 nitrogen and oxygen atoms in total. The summed E-state index contributed by atoms with van der Waals surface area (Å²) in [5.41, 5.74) is 1.39. The van der Waals surface area contributed by atoms with Crippen molar-refractivity contribution in [3.05, 3.63) is 45.6 Å². The Kier molecular flexibility index (Phi) is 3.12. The molecule has 1 unspecified atom stereocenters. The molecule has 9 heteroatoms. The minimum Gasteiger partial charge on any atom is -0.395 e. The van der Waals surface area contributed by atoms with Crippen LogP contribution in [0.15, 0.2) is 23.0 Å². The molecule has 0 saturated heterocycles.